The zero-order valence-electron chi connectivity index (χ0n) is 11.7. The lowest BCUT2D eigenvalue weighted by Gasteiger charge is -2.09. The first-order valence-electron chi connectivity index (χ1n) is 7.48. The minimum absolute atomic E-state index is 0.121. The van der Waals surface area contributed by atoms with Crippen LogP contribution in [0, 0.1) is 0 Å². The predicted octanol–water partition coefficient (Wildman–Crippen LogP) is 5.23. The van der Waals surface area contributed by atoms with Gasteiger partial charge in [0.2, 0.25) is 0 Å². The Hall–Kier alpha value is -2.02. The molecular weight excluding hydrogens is 244 g/mol. The first-order chi connectivity index (χ1) is 9.90. The molecule has 0 saturated carbocycles. The molecule has 1 aliphatic heterocycles. The highest BCUT2D eigenvalue weighted by Gasteiger charge is 2.38. The predicted molar refractivity (Wildman–Crippen MR) is 82.6 cm³/mol. The van der Waals surface area contributed by atoms with Gasteiger partial charge < -0.3 is 4.74 Å². The van der Waals surface area contributed by atoms with Crippen molar-refractivity contribution in [1.82, 2.24) is 0 Å². The highest BCUT2D eigenvalue weighted by Crippen LogP contribution is 2.55. The first-order valence-corrected chi connectivity index (χ1v) is 7.48. The van der Waals surface area contributed by atoms with Gasteiger partial charge in [0.25, 0.3) is 0 Å². The van der Waals surface area contributed by atoms with Gasteiger partial charge in [-0.1, -0.05) is 55.8 Å². The monoisotopic (exact) mass is 262 g/mol. The van der Waals surface area contributed by atoms with Gasteiger partial charge in [0, 0.05) is 16.7 Å². The number of unbranched alkanes of at least 4 members (excludes halogenated alkanes) is 1. The Bertz CT molecular complexity index is 696. The van der Waals surface area contributed by atoms with E-state index in [-0.39, 0.29) is 6.10 Å². The average Bonchev–Trinajstić information content (AvgIpc) is 3.01. The van der Waals surface area contributed by atoms with E-state index in [2.05, 4.69) is 55.5 Å². The summed E-state index contributed by atoms with van der Waals surface area (Å²) in [6.45, 7) is 2.25. The Kier molecular flexibility index (Phi) is 2.66. The molecule has 1 aliphatic carbocycles. The van der Waals surface area contributed by atoms with E-state index >= 15 is 0 Å². The molecule has 100 valence electrons. The number of allylic oxidation sites excluding steroid dienone is 1. The van der Waals surface area contributed by atoms with Crippen molar-refractivity contribution in [3.63, 3.8) is 0 Å². The standard InChI is InChI=1S/C19H18O/c1-2-3-8-14-13-9-4-5-10-15(13)19-18(14)16-11-6-7-12-17(16)20-19/h4-7,9-12,19H,2-3,8H2,1H3. The van der Waals surface area contributed by atoms with Crippen LogP contribution in [0.4, 0.5) is 0 Å². The van der Waals surface area contributed by atoms with Crippen LogP contribution in [-0.4, -0.2) is 0 Å². The van der Waals surface area contributed by atoms with Crippen LogP contribution in [0.25, 0.3) is 11.1 Å². The Morgan fingerprint density at radius 3 is 2.55 bits per heavy atom. The fourth-order valence-corrected chi connectivity index (χ4v) is 3.43. The summed E-state index contributed by atoms with van der Waals surface area (Å²) < 4.78 is 6.21. The molecule has 0 radical (unpaired) electrons. The quantitative estimate of drug-likeness (QED) is 0.735. The summed E-state index contributed by atoms with van der Waals surface area (Å²) in [7, 11) is 0. The molecule has 20 heavy (non-hydrogen) atoms. The molecule has 0 fully saturated rings. The number of benzene rings is 2. The van der Waals surface area contributed by atoms with E-state index in [1.165, 1.54) is 40.7 Å². The minimum atomic E-state index is 0.121. The van der Waals surface area contributed by atoms with E-state index in [1.807, 2.05) is 0 Å². The Morgan fingerprint density at radius 2 is 1.70 bits per heavy atom. The highest BCUT2D eigenvalue weighted by molar-refractivity contribution is 6.01. The smallest absolute Gasteiger partial charge is 0.150 e. The van der Waals surface area contributed by atoms with Crippen molar-refractivity contribution in [2.45, 2.75) is 32.3 Å². The average molecular weight is 262 g/mol. The molecule has 0 amide bonds. The summed E-state index contributed by atoms with van der Waals surface area (Å²) in [6.07, 6.45) is 3.74. The van der Waals surface area contributed by atoms with Crippen LogP contribution in [0.2, 0.25) is 0 Å². The zero-order valence-corrected chi connectivity index (χ0v) is 11.7. The topological polar surface area (TPSA) is 9.23 Å². The molecule has 1 unspecified atom stereocenters. The second-order valence-corrected chi connectivity index (χ2v) is 5.58. The van der Waals surface area contributed by atoms with Crippen molar-refractivity contribution in [2.24, 2.45) is 0 Å². The lowest BCUT2D eigenvalue weighted by molar-refractivity contribution is 0.285. The molecule has 0 aromatic heterocycles. The maximum atomic E-state index is 6.21. The Balaban J connectivity index is 1.91. The molecule has 1 nitrogen and oxygen atoms in total. The zero-order chi connectivity index (χ0) is 13.5. The third-order valence-corrected chi connectivity index (χ3v) is 4.36. The van der Waals surface area contributed by atoms with Crippen molar-refractivity contribution >= 4 is 11.1 Å². The van der Waals surface area contributed by atoms with Crippen molar-refractivity contribution in [2.75, 3.05) is 0 Å². The molecule has 0 saturated heterocycles. The number of ether oxygens (including phenoxy) is 1. The molecule has 0 N–H and O–H groups in total. The summed E-state index contributed by atoms with van der Waals surface area (Å²) in [4.78, 5) is 0. The third kappa shape index (κ3) is 1.56. The van der Waals surface area contributed by atoms with E-state index in [9.17, 15) is 0 Å². The van der Waals surface area contributed by atoms with Gasteiger partial charge in [0.05, 0.1) is 0 Å². The molecule has 4 rings (SSSR count). The number of rotatable bonds is 3. The van der Waals surface area contributed by atoms with Crippen LogP contribution >= 0.6 is 0 Å². The second kappa shape index (κ2) is 4.52. The maximum absolute atomic E-state index is 6.21. The Labute approximate surface area is 119 Å². The van der Waals surface area contributed by atoms with Gasteiger partial charge >= 0.3 is 0 Å². The van der Waals surface area contributed by atoms with Gasteiger partial charge in [-0.25, -0.2) is 0 Å². The van der Waals surface area contributed by atoms with Crippen LogP contribution in [0.5, 0.6) is 5.75 Å². The summed E-state index contributed by atoms with van der Waals surface area (Å²) in [5.74, 6) is 1.04. The van der Waals surface area contributed by atoms with Crippen molar-refractivity contribution < 1.29 is 4.74 Å². The highest BCUT2D eigenvalue weighted by atomic mass is 16.5. The maximum Gasteiger partial charge on any atom is 0.150 e. The van der Waals surface area contributed by atoms with Crippen LogP contribution in [0.15, 0.2) is 48.5 Å². The van der Waals surface area contributed by atoms with Crippen LogP contribution < -0.4 is 4.74 Å². The molecule has 1 heteroatoms. The molecule has 0 bridgehead atoms. The van der Waals surface area contributed by atoms with Crippen LogP contribution in [-0.2, 0) is 0 Å². The van der Waals surface area contributed by atoms with Gasteiger partial charge in [0.1, 0.15) is 5.75 Å². The molecule has 1 atom stereocenters. The molecule has 2 aliphatic rings. The summed E-state index contributed by atoms with van der Waals surface area (Å²) >= 11 is 0. The van der Waals surface area contributed by atoms with Crippen LogP contribution in [0.1, 0.15) is 49.0 Å². The molecule has 1 heterocycles. The summed E-state index contributed by atoms with van der Waals surface area (Å²) in [5, 5.41) is 0. The third-order valence-electron chi connectivity index (χ3n) is 4.36. The Morgan fingerprint density at radius 1 is 0.950 bits per heavy atom. The number of fused-ring (bicyclic) bond motifs is 5. The summed E-state index contributed by atoms with van der Waals surface area (Å²) in [5.41, 5.74) is 6.94. The first kappa shape index (κ1) is 11.8. The fraction of sp³-hybridized carbons (Fsp3) is 0.263. The van der Waals surface area contributed by atoms with Gasteiger partial charge in [-0.2, -0.15) is 0 Å². The van der Waals surface area contributed by atoms with E-state index in [0.29, 0.717) is 0 Å². The molecule has 2 aromatic rings. The molecule has 0 spiro atoms. The SMILES string of the molecule is CCCCC1=C2c3ccccc3OC2c2ccccc21. The number of hydrogen-bond donors (Lipinski definition) is 0. The minimum Gasteiger partial charge on any atom is -0.480 e. The summed E-state index contributed by atoms with van der Waals surface area (Å²) in [6, 6.07) is 17.2. The second-order valence-electron chi connectivity index (χ2n) is 5.58. The van der Waals surface area contributed by atoms with E-state index in [0.717, 1.165) is 12.2 Å². The number of para-hydroxylation sites is 1. The normalized spacial score (nSPS) is 18.6. The molecule has 2 aromatic carbocycles. The van der Waals surface area contributed by atoms with Gasteiger partial charge in [-0.3, -0.25) is 0 Å². The van der Waals surface area contributed by atoms with E-state index in [4.69, 9.17) is 4.74 Å². The van der Waals surface area contributed by atoms with E-state index < -0.39 is 0 Å². The van der Waals surface area contributed by atoms with E-state index in [1.54, 1.807) is 0 Å². The van der Waals surface area contributed by atoms with Crippen molar-refractivity contribution in [1.29, 1.82) is 0 Å². The lowest BCUT2D eigenvalue weighted by Crippen LogP contribution is -1.99. The van der Waals surface area contributed by atoms with Crippen molar-refractivity contribution in [3.05, 3.63) is 65.2 Å². The largest absolute Gasteiger partial charge is 0.480 e. The van der Waals surface area contributed by atoms with Gasteiger partial charge in [-0.05, 0) is 30.0 Å². The van der Waals surface area contributed by atoms with Crippen molar-refractivity contribution in [3.8, 4) is 5.75 Å². The van der Waals surface area contributed by atoms with Gasteiger partial charge in [0.15, 0.2) is 6.10 Å². The van der Waals surface area contributed by atoms with Crippen LogP contribution in [0.3, 0.4) is 0 Å². The fourth-order valence-electron chi connectivity index (χ4n) is 3.43. The lowest BCUT2D eigenvalue weighted by atomic mass is 9.96. The van der Waals surface area contributed by atoms with Gasteiger partial charge in [-0.15, -0.1) is 0 Å². The molecular formula is C19H18O. The number of hydrogen-bond acceptors (Lipinski definition) is 1.